The molecule has 0 bridgehead atoms. The van der Waals surface area contributed by atoms with Crippen molar-refractivity contribution in [3.63, 3.8) is 0 Å². The Hall–Kier alpha value is -1.30. The van der Waals surface area contributed by atoms with Gasteiger partial charge in [-0.05, 0) is 6.42 Å². The topological polar surface area (TPSA) is 108 Å². The summed E-state index contributed by atoms with van der Waals surface area (Å²) in [6, 6.07) is 0. The average Bonchev–Trinajstić information content (AvgIpc) is 2.90. The minimum absolute atomic E-state index is 0.0684. The van der Waals surface area contributed by atoms with Crippen LogP contribution in [0.25, 0.3) is 0 Å². The van der Waals surface area contributed by atoms with E-state index in [0.29, 0.717) is 79.1 Å². The normalized spacial score (nSPS) is 11.1. The third kappa shape index (κ3) is 30.8. The van der Waals surface area contributed by atoms with Gasteiger partial charge in [0.05, 0.1) is 79.8 Å². The van der Waals surface area contributed by atoms with Gasteiger partial charge in [-0.1, -0.05) is 58.3 Å². The van der Waals surface area contributed by atoms with Gasteiger partial charge in [-0.25, -0.2) is 4.79 Å². The van der Waals surface area contributed by atoms with Crippen LogP contribution in [0, 0.1) is 0 Å². The molecule has 0 unspecified atom stereocenters. The van der Waals surface area contributed by atoms with E-state index in [-0.39, 0.29) is 19.2 Å². The minimum Gasteiger partial charge on any atom is -0.467 e. The van der Waals surface area contributed by atoms with E-state index in [1.807, 2.05) is 0 Å². The van der Waals surface area contributed by atoms with Crippen LogP contribution < -0.4 is 0 Å². The Bertz CT molecular complexity index is 490. The fraction of sp³-hybridized carbons (Fsp3) is 0.926. The van der Waals surface area contributed by atoms with Crippen molar-refractivity contribution in [1.29, 1.82) is 0 Å². The second kappa shape index (κ2) is 30.9. The van der Waals surface area contributed by atoms with E-state index in [9.17, 15) is 9.59 Å². The summed E-state index contributed by atoms with van der Waals surface area (Å²) >= 11 is 0. The fourth-order valence-electron chi connectivity index (χ4n) is 3.18. The molecule has 0 atom stereocenters. The first-order chi connectivity index (χ1) is 18.2. The highest BCUT2D eigenvalue weighted by atomic mass is 16.6. The quantitative estimate of drug-likeness (QED) is 0.0995. The Morgan fingerprint density at radius 3 is 1.27 bits per heavy atom. The van der Waals surface area contributed by atoms with Crippen LogP contribution in [0.5, 0.6) is 0 Å². The Kier molecular flexibility index (Phi) is 29.8. The largest absolute Gasteiger partial charge is 0.467 e. The van der Waals surface area contributed by atoms with Crippen molar-refractivity contribution in [2.24, 2.45) is 0 Å². The molecule has 0 aromatic heterocycles. The molecule has 0 aliphatic heterocycles. The zero-order valence-corrected chi connectivity index (χ0v) is 23.3. The highest BCUT2D eigenvalue weighted by Gasteiger charge is 2.03. The number of carbonyl (C=O) groups is 2. The summed E-state index contributed by atoms with van der Waals surface area (Å²) in [6.07, 6.45) is 11.6. The maximum Gasteiger partial charge on any atom is 0.331 e. The number of methoxy groups -OCH3 is 1. The average molecular weight is 537 g/mol. The molecule has 220 valence electrons. The van der Waals surface area contributed by atoms with Crippen LogP contribution in [0.4, 0.5) is 0 Å². The van der Waals surface area contributed by atoms with E-state index in [4.69, 9.17) is 33.2 Å². The SMILES string of the molecule is CCCCCCCCCCCC(=O)OCCOCCOCCOCCOCCOCCOCC(=O)OC. The van der Waals surface area contributed by atoms with E-state index in [2.05, 4.69) is 11.7 Å². The number of unbranched alkanes of at least 4 members (excludes halogenated alkanes) is 8. The van der Waals surface area contributed by atoms with Crippen molar-refractivity contribution in [3.05, 3.63) is 0 Å². The molecule has 0 fully saturated rings. The summed E-state index contributed by atoms with van der Waals surface area (Å²) in [5, 5.41) is 0. The van der Waals surface area contributed by atoms with E-state index in [0.717, 1.165) is 12.8 Å². The molecule has 0 amide bonds. The van der Waals surface area contributed by atoms with Crippen LogP contribution in [0.15, 0.2) is 0 Å². The van der Waals surface area contributed by atoms with Gasteiger partial charge in [0.2, 0.25) is 0 Å². The molecule has 0 saturated heterocycles. The van der Waals surface area contributed by atoms with Crippen LogP contribution in [0.2, 0.25) is 0 Å². The Labute approximate surface area is 223 Å². The molecule has 10 heteroatoms. The van der Waals surface area contributed by atoms with Crippen molar-refractivity contribution >= 4 is 11.9 Å². The van der Waals surface area contributed by atoms with Crippen LogP contribution in [0.3, 0.4) is 0 Å². The number of rotatable bonds is 30. The molecule has 0 spiro atoms. The lowest BCUT2D eigenvalue weighted by Gasteiger charge is -2.08. The molecular weight excluding hydrogens is 484 g/mol. The summed E-state index contributed by atoms with van der Waals surface area (Å²) in [5.74, 6) is -0.547. The van der Waals surface area contributed by atoms with Crippen molar-refractivity contribution in [3.8, 4) is 0 Å². The lowest BCUT2D eigenvalue weighted by Crippen LogP contribution is -2.16. The van der Waals surface area contributed by atoms with Crippen molar-refractivity contribution in [2.45, 2.75) is 71.1 Å². The molecule has 0 N–H and O–H groups in total. The molecule has 0 aliphatic carbocycles. The van der Waals surface area contributed by atoms with Gasteiger partial charge in [0.15, 0.2) is 0 Å². The second-order valence-electron chi connectivity index (χ2n) is 8.49. The molecule has 0 rings (SSSR count). The number of ether oxygens (including phenoxy) is 8. The fourth-order valence-corrected chi connectivity index (χ4v) is 3.18. The van der Waals surface area contributed by atoms with Crippen LogP contribution in [0.1, 0.15) is 71.1 Å². The monoisotopic (exact) mass is 536 g/mol. The van der Waals surface area contributed by atoms with E-state index in [1.54, 1.807) is 0 Å². The van der Waals surface area contributed by atoms with Gasteiger partial charge in [0.1, 0.15) is 13.2 Å². The molecule has 0 aromatic carbocycles. The standard InChI is InChI=1S/C27H52O10/c1-3-4-5-6-7-8-9-10-11-12-26(28)37-24-23-35-20-19-33-16-15-31-13-14-32-17-18-34-21-22-36-25-27(29)30-2/h3-25H2,1-2H3. The molecule has 0 heterocycles. The third-order valence-corrected chi connectivity index (χ3v) is 5.28. The summed E-state index contributed by atoms with van der Waals surface area (Å²) in [5.41, 5.74) is 0. The summed E-state index contributed by atoms with van der Waals surface area (Å²) in [6.45, 7) is 7.29. The van der Waals surface area contributed by atoms with Crippen LogP contribution in [-0.4, -0.2) is 105 Å². The smallest absolute Gasteiger partial charge is 0.331 e. The highest BCUT2D eigenvalue weighted by Crippen LogP contribution is 2.10. The van der Waals surface area contributed by atoms with Crippen molar-refractivity contribution in [2.75, 3.05) is 93.0 Å². The van der Waals surface area contributed by atoms with Gasteiger partial charge in [-0.15, -0.1) is 0 Å². The summed E-state index contributed by atoms with van der Waals surface area (Å²) < 4.78 is 41.6. The van der Waals surface area contributed by atoms with E-state index in [1.165, 1.54) is 52.1 Å². The van der Waals surface area contributed by atoms with Crippen molar-refractivity contribution in [1.82, 2.24) is 0 Å². The first-order valence-corrected chi connectivity index (χ1v) is 13.9. The molecule has 0 aromatic rings. The summed E-state index contributed by atoms with van der Waals surface area (Å²) in [7, 11) is 1.31. The number of carbonyl (C=O) groups excluding carboxylic acids is 2. The molecule has 0 aliphatic rings. The van der Waals surface area contributed by atoms with Gasteiger partial charge in [0, 0.05) is 6.42 Å². The van der Waals surface area contributed by atoms with E-state index >= 15 is 0 Å². The lowest BCUT2D eigenvalue weighted by molar-refractivity contribution is -0.146. The first-order valence-electron chi connectivity index (χ1n) is 13.9. The molecular formula is C27H52O10. The zero-order chi connectivity index (χ0) is 27.1. The van der Waals surface area contributed by atoms with Gasteiger partial charge in [-0.3, -0.25) is 4.79 Å². The Morgan fingerprint density at radius 2 is 0.838 bits per heavy atom. The molecule has 10 nitrogen and oxygen atoms in total. The maximum atomic E-state index is 11.7. The van der Waals surface area contributed by atoms with Gasteiger partial charge in [0.25, 0.3) is 0 Å². The zero-order valence-electron chi connectivity index (χ0n) is 23.3. The number of esters is 2. The predicted octanol–water partition coefficient (Wildman–Crippen LogP) is 3.72. The molecule has 37 heavy (non-hydrogen) atoms. The molecule has 0 saturated carbocycles. The van der Waals surface area contributed by atoms with Gasteiger partial charge < -0.3 is 37.9 Å². The number of hydrogen-bond acceptors (Lipinski definition) is 10. The van der Waals surface area contributed by atoms with Crippen LogP contribution in [-0.2, 0) is 47.5 Å². The molecule has 0 radical (unpaired) electrons. The summed E-state index contributed by atoms with van der Waals surface area (Å²) in [4.78, 5) is 22.5. The predicted molar refractivity (Wildman–Crippen MR) is 140 cm³/mol. The van der Waals surface area contributed by atoms with Crippen LogP contribution >= 0.6 is 0 Å². The van der Waals surface area contributed by atoms with Crippen molar-refractivity contribution < 1.29 is 47.5 Å². The maximum absolute atomic E-state index is 11.7. The lowest BCUT2D eigenvalue weighted by atomic mass is 10.1. The van der Waals surface area contributed by atoms with E-state index < -0.39 is 5.97 Å². The highest BCUT2D eigenvalue weighted by molar-refractivity contribution is 5.70. The Morgan fingerprint density at radius 1 is 0.459 bits per heavy atom. The van der Waals surface area contributed by atoms with Gasteiger partial charge in [-0.2, -0.15) is 0 Å². The Balaban J connectivity index is 3.14. The van der Waals surface area contributed by atoms with Gasteiger partial charge >= 0.3 is 11.9 Å². The second-order valence-corrected chi connectivity index (χ2v) is 8.49. The number of hydrogen-bond donors (Lipinski definition) is 0. The first kappa shape index (κ1) is 35.7. The third-order valence-electron chi connectivity index (χ3n) is 5.28. The minimum atomic E-state index is -0.406.